The lowest BCUT2D eigenvalue weighted by atomic mass is 9.94. The quantitative estimate of drug-likeness (QED) is 0.807. The first-order valence-corrected chi connectivity index (χ1v) is 10.7. The summed E-state index contributed by atoms with van der Waals surface area (Å²) in [6, 6.07) is 5.76. The number of nitrogens with one attached hydrogen (secondary N) is 1. The molecule has 2 fully saturated rings. The zero-order valence-electron chi connectivity index (χ0n) is 15.9. The molecule has 146 valence electrons. The first-order valence-electron chi connectivity index (χ1n) is 9.76. The van der Waals surface area contributed by atoms with E-state index in [9.17, 15) is 4.79 Å². The summed E-state index contributed by atoms with van der Waals surface area (Å²) in [5, 5.41) is 12.1. The van der Waals surface area contributed by atoms with Crippen molar-refractivity contribution in [3.05, 3.63) is 23.9 Å². The van der Waals surface area contributed by atoms with Gasteiger partial charge in [-0.15, -0.1) is 0 Å². The fourth-order valence-corrected chi connectivity index (χ4v) is 5.07. The molecule has 1 amide bonds. The number of thioether (sulfide) groups is 1. The molecule has 0 radical (unpaired) electrons. The number of amides is 1. The summed E-state index contributed by atoms with van der Waals surface area (Å²) < 4.78 is 5.64. The van der Waals surface area contributed by atoms with Crippen LogP contribution in [0.5, 0.6) is 0 Å². The molecule has 1 aromatic heterocycles. The van der Waals surface area contributed by atoms with E-state index in [0.29, 0.717) is 5.56 Å². The average Bonchev–Trinajstić information content (AvgIpc) is 2.73. The number of rotatable bonds is 6. The Balaban J connectivity index is 1.48. The van der Waals surface area contributed by atoms with E-state index in [0.717, 1.165) is 70.1 Å². The van der Waals surface area contributed by atoms with Crippen molar-refractivity contribution in [1.29, 1.82) is 5.26 Å². The second-order valence-corrected chi connectivity index (χ2v) is 8.96. The van der Waals surface area contributed by atoms with Gasteiger partial charge in [-0.1, -0.05) is 6.92 Å². The van der Waals surface area contributed by atoms with Crippen molar-refractivity contribution in [3.8, 4) is 6.07 Å². The van der Waals surface area contributed by atoms with Crippen LogP contribution < -0.4 is 10.2 Å². The fraction of sp³-hybridized carbons (Fsp3) is 0.650. The molecule has 3 heterocycles. The third-order valence-electron chi connectivity index (χ3n) is 5.51. The van der Waals surface area contributed by atoms with E-state index >= 15 is 0 Å². The highest BCUT2D eigenvalue weighted by atomic mass is 32.2. The minimum atomic E-state index is 0.0724. The molecule has 0 aliphatic carbocycles. The normalized spacial score (nSPS) is 20.1. The molecule has 0 spiro atoms. The Hall–Kier alpha value is -1.78. The van der Waals surface area contributed by atoms with Gasteiger partial charge in [-0.3, -0.25) is 4.79 Å². The maximum Gasteiger partial charge on any atom is 0.223 e. The number of hydrogen-bond donors (Lipinski definition) is 1. The Morgan fingerprint density at radius 1 is 1.41 bits per heavy atom. The van der Waals surface area contributed by atoms with Gasteiger partial charge in [0.05, 0.1) is 5.56 Å². The number of piperidine rings is 1. The average molecular weight is 389 g/mol. The fourth-order valence-electron chi connectivity index (χ4n) is 3.82. The zero-order chi connectivity index (χ0) is 19.1. The molecule has 6 nitrogen and oxygen atoms in total. The number of anilines is 1. The highest BCUT2D eigenvalue weighted by Crippen LogP contribution is 2.35. The number of carbonyl (C=O) groups excluding carboxylic acids is 1. The monoisotopic (exact) mass is 388 g/mol. The summed E-state index contributed by atoms with van der Waals surface area (Å²) in [6.45, 7) is 6.14. The van der Waals surface area contributed by atoms with Crippen molar-refractivity contribution < 1.29 is 9.53 Å². The summed E-state index contributed by atoms with van der Waals surface area (Å²) in [4.78, 5) is 19.2. The Labute approximate surface area is 165 Å². The number of nitrogens with zero attached hydrogens (tertiary/aromatic N) is 3. The zero-order valence-corrected chi connectivity index (χ0v) is 16.8. The number of aromatic nitrogens is 1. The van der Waals surface area contributed by atoms with Gasteiger partial charge in [-0.25, -0.2) is 4.98 Å². The van der Waals surface area contributed by atoms with Crippen molar-refractivity contribution >= 4 is 23.5 Å². The minimum Gasteiger partial charge on any atom is -0.381 e. The van der Waals surface area contributed by atoms with Crippen molar-refractivity contribution in [2.45, 2.75) is 37.4 Å². The van der Waals surface area contributed by atoms with Gasteiger partial charge >= 0.3 is 0 Å². The number of nitriles is 1. The van der Waals surface area contributed by atoms with E-state index in [1.165, 1.54) is 0 Å². The van der Waals surface area contributed by atoms with Crippen molar-refractivity contribution in [2.75, 3.05) is 43.5 Å². The topological polar surface area (TPSA) is 78.3 Å². The standard InChI is InChI=1S/C20H28N4O2S/c1-2-27-20(7-11-26-12-8-20)15-23-19(25)17-5-9-24(10-6-17)18-4-3-16(13-21)14-22-18/h3-4,14,17H,2,5-12,15H2,1H3,(H,23,25). The molecule has 1 N–H and O–H groups in total. The molecule has 0 aromatic carbocycles. The highest BCUT2D eigenvalue weighted by Gasteiger charge is 2.34. The third-order valence-corrected chi connectivity index (χ3v) is 6.96. The van der Waals surface area contributed by atoms with Gasteiger partial charge in [0.15, 0.2) is 0 Å². The number of hydrogen-bond acceptors (Lipinski definition) is 6. The highest BCUT2D eigenvalue weighted by molar-refractivity contribution is 8.00. The maximum atomic E-state index is 12.7. The van der Waals surface area contributed by atoms with Crippen molar-refractivity contribution in [1.82, 2.24) is 10.3 Å². The summed E-state index contributed by atoms with van der Waals surface area (Å²) >= 11 is 1.95. The molecule has 0 saturated carbocycles. The Kier molecular flexibility index (Phi) is 6.97. The van der Waals surface area contributed by atoms with Crippen molar-refractivity contribution in [3.63, 3.8) is 0 Å². The van der Waals surface area contributed by atoms with E-state index in [1.54, 1.807) is 12.3 Å². The van der Waals surface area contributed by atoms with Gasteiger partial charge < -0.3 is 15.0 Å². The Morgan fingerprint density at radius 2 is 2.15 bits per heavy atom. The molecule has 0 bridgehead atoms. The van der Waals surface area contributed by atoms with E-state index < -0.39 is 0 Å². The van der Waals surface area contributed by atoms with Crippen LogP contribution in [-0.4, -0.2) is 54.2 Å². The van der Waals surface area contributed by atoms with Gasteiger partial charge in [0, 0.05) is 49.7 Å². The first kappa shape index (κ1) is 20.0. The smallest absolute Gasteiger partial charge is 0.223 e. The minimum absolute atomic E-state index is 0.0724. The Morgan fingerprint density at radius 3 is 2.74 bits per heavy atom. The van der Waals surface area contributed by atoms with Gasteiger partial charge in [0.25, 0.3) is 0 Å². The molecule has 7 heteroatoms. The third kappa shape index (κ3) is 5.14. The summed E-state index contributed by atoms with van der Waals surface area (Å²) in [7, 11) is 0. The second-order valence-electron chi connectivity index (χ2n) is 7.22. The lowest BCUT2D eigenvalue weighted by molar-refractivity contribution is -0.125. The molecule has 3 rings (SSSR count). The van der Waals surface area contributed by atoms with Crippen LogP contribution in [0, 0.1) is 17.2 Å². The summed E-state index contributed by atoms with van der Waals surface area (Å²) in [6.07, 6.45) is 5.30. The predicted octanol–water partition coefficient (Wildman–Crippen LogP) is 2.59. The molecule has 2 aliphatic heterocycles. The molecule has 0 atom stereocenters. The van der Waals surface area contributed by atoms with Gasteiger partial charge in [-0.05, 0) is 43.6 Å². The van der Waals surface area contributed by atoms with Crippen LogP contribution in [-0.2, 0) is 9.53 Å². The van der Waals surface area contributed by atoms with Gasteiger partial charge in [0.2, 0.25) is 5.91 Å². The van der Waals surface area contributed by atoms with Crippen LogP contribution in [0.15, 0.2) is 18.3 Å². The van der Waals surface area contributed by atoms with Crippen LogP contribution in [0.3, 0.4) is 0 Å². The van der Waals surface area contributed by atoms with Crippen LogP contribution in [0.25, 0.3) is 0 Å². The molecule has 2 saturated heterocycles. The Bertz CT molecular complexity index is 654. The number of carbonyl (C=O) groups is 1. The van der Waals surface area contributed by atoms with Crippen LogP contribution in [0.1, 0.15) is 38.2 Å². The maximum absolute atomic E-state index is 12.7. The van der Waals surface area contributed by atoms with E-state index in [-0.39, 0.29) is 16.6 Å². The molecule has 2 aliphatic rings. The van der Waals surface area contributed by atoms with Gasteiger partial charge in [-0.2, -0.15) is 17.0 Å². The molecule has 27 heavy (non-hydrogen) atoms. The second kappa shape index (κ2) is 9.43. The predicted molar refractivity (Wildman–Crippen MR) is 108 cm³/mol. The first-order chi connectivity index (χ1) is 13.2. The van der Waals surface area contributed by atoms with Crippen molar-refractivity contribution in [2.24, 2.45) is 5.92 Å². The van der Waals surface area contributed by atoms with Gasteiger partial charge in [0.1, 0.15) is 11.9 Å². The van der Waals surface area contributed by atoms with Crippen LogP contribution in [0.2, 0.25) is 0 Å². The summed E-state index contributed by atoms with van der Waals surface area (Å²) in [5.41, 5.74) is 0.569. The van der Waals surface area contributed by atoms with E-state index in [1.807, 2.05) is 17.8 Å². The van der Waals surface area contributed by atoms with E-state index in [2.05, 4.69) is 28.2 Å². The van der Waals surface area contributed by atoms with Crippen LogP contribution in [0.4, 0.5) is 5.82 Å². The molecular formula is C20H28N4O2S. The number of pyridine rings is 1. The largest absolute Gasteiger partial charge is 0.381 e. The molecule has 1 aromatic rings. The lowest BCUT2D eigenvalue weighted by Crippen LogP contribution is -2.47. The molecular weight excluding hydrogens is 360 g/mol. The lowest BCUT2D eigenvalue weighted by Gasteiger charge is -2.37. The number of ether oxygens (including phenoxy) is 1. The molecule has 0 unspecified atom stereocenters. The SMILES string of the molecule is CCSC1(CNC(=O)C2CCN(c3ccc(C#N)cn3)CC2)CCOCC1. The van der Waals surface area contributed by atoms with E-state index in [4.69, 9.17) is 10.00 Å². The van der Waals surface area contributed by atoms with Crippen LogP contribution >= 0.6 is 11.8 Å². The summed E-state index contributed by atoms with van der Waals surface area (Å²) in [5.74, 6) is 2.20.